The fourth-order valence-electron chi connectivity index (χ4n) is 2.23. The molecule has 3 heteroatoms. The van der Waals surface area contributed by atoms with Crippen molar-refractivity contribution in [2.24, 2.45) is 0 Å². The van der Waals surface area contributed by atoms with Crippen molar-refractivity contribution in [1.29, 1.82) is 0 Å². The Balaban J connectivity index is 2.11. The van der Waals surface area contributed by atoms with Crippen molar-refractivity contribution in [3.05, 3.63) is 35.9 Å². The molecule has 0 radical (unpaired) electrons. The second-order valence-corrected chi connectivity index (χ2v) is 4.50. The van der Waals surface area contributed by atoms with Crippen LogP contribution in [0.1, 0.15) is 31.9 Å². The third kappa shape index (κ3) is 2.86. The number of nitrogens with zero attached hydrogens (tertiary/aromatic N) is 1. The summed E-state index contributed by atoms with van der Waals surface area (Å²) < 4.78 is 5.90. The van der Waals surface area contributed by atoms with Gasteiger partial charge in [-0.1, -0.05) is 37.3 Å². The molecule has 1 aliphatic rings. The fraction of sp³-hybridized carbons (Fsp3) is 0.500. The molecule has 0 bridgehead atoms. The summed E-state index contributed by atoms with van der Waals surface area (Å²) in [5, 5.41) is 0. The molecule has 1 heterocycles. The van der Waals surface area contributed by atoms with Gasteiger partial charge in [-0.3, -0.25) is 4.79 Å². The van der Waals surface area contributed by atoms with E-state index in [-0.39, 0.29) is 18.1 Å². The molecular weight excluding hydrogens is 214 g/mol. The van der Waals surface area contributed by atoms with E-state index in [2.05, 4.69) is 12.1 Å². The number of ether oxygens (including phenoxy) is 1. The fourth-order valence-corrected chi connectivity index (χ4v) is 2.23. The van der Waals surface area contributed by atoms with E-state index in [1.165, 1.54) is 0 Å². The Morgan fingerprint density at radius 2 is 2.06 bits per heavy atom. The Hall–Kier alpha value is -1.35. The maximum atomic E-state index is 11.8. The van der Waals surface area contributed by atoms with Crippen LogP contribution in [0.4, 0.5) is 0 Å². The zero-order chi connectivity index (χ0) is 12.3. The Kier molecular flexibility index (Phi) is 3.79. The number of morpholine rings is 1. The normalized spacial score (nSPS) is 24.7. The van der Waals surface area contributed by atoms with E-state index in [1.54, 1.807) is 0 Å². The van der Waals surface area contributed by atoms with Gasteiger partial charge in [-0.05, 0) is 12.5 Å². The highest BCUT2D eigenvalue weighted by Gasteiger charge is 2.28. The third-order valence-corrected chi connectivity index (χ3v) is 3.09. The van der Waals surface area contributed by atoms with Gasteiger partial charge in [-0.15, -0.1) is 0 Å². The summed E-state index contributed by atoms with van der Waals surface area (Å²) in [6, 6.07) is 10.1. The molecule has 17 heavy (non-hydrogen) atoms. The lowest BCUT2D eigenvalue weighted by Gasteiger charge is -2.37. The molecule has 2 rings (SSSR count). The van der Waals surface area contributed by atoms with E-state index in [1.807, 2.05) is 36.9 Å². The van der Waals surface area contributed by atoms with E-state index in [0.29, 0.717) is 19.5 Å². The SMILES string of the molecule is CCC(=O)N1C[C@H](C)O[C@@H](c2ccccc2)C1. The maximum absolute atomic E-state index is 11.8. The van der Waals surface area contributed by atoms with Gasteiger partial charge >= 0.3 is 0 Å². The van der Waals surface area contributed by atoms with Crippen molar-refractivity contribution in [2.75, 3.05) is 13.1 Å². The minimum Gasteiger partial charge on any atom is -0.367 e. The molecule has 1 aromatic rings. The summed E-state index contributed by atoms with van der Waals surface area (Å²) in [6.07, 6.45) is 0.675. The average Bonchev–Trinajstić information content (AvgIpc) is 2.38. The molecule has 1 aromatic carbocycles. The molecule has 0 spiro atoms. The van der Waals surface area contributed by atoms with Crippen molar-refractivity contribution in [3.8, 4) is 0 Å². The summed E-state index contributed by atoms with van der Waals surface area (Å²) in [4.78, 5) is 13.7. The molecule has 3 nitrogen and oxygen atoms in total. The van der Waals surface area contributed by atoms with E-state index in [9.17, 15) is 4.79 Å². The van der Waals surface area contributed by atoms with Gasteiger partial charge in [0.1, 0.15) is 6.10 Å². The van der Waals surface area contributed by atoms with Crippen LogP contribution in [0.15, 0.2) is 30.3 Å². The van der Waals surface area contributed by atoms with E-state index in [4.69, 9.17) is 4.74 Å². The van der Waals surface area contributed by atoms with Crippen LogP contribution in [-0.4, -0.2) is 30.0 Å². The van der Waals surface area contributed by atoms with Gasteiger partial charge in [0.2, 0.25) is 5.91 Å². The topological polar surface area (TPSA) is 29.5 Å². The van der Waals surface area contributed by atoms with Crippen molar-refractivity contribution >= 4 is 5.91 Å². The zero-order valence-electron chi connectivity index (χ0n) is 10.4. The molecule has 0 N–H and O–H groups in total. The number of benzene rings is 1. The number of amides is 1. The Bertz CT molecular complexity index is 377. The van der Waals surface area contributed by atoms with Gasteiger partial charge in [0.25, 0.3) is 0 Å². The lowest BCUT2D eigenvalue weighted by atomic mass is 10.1. The monoisotopic (exact) mass is 233 g/mol. The summed E-state index contributed by atoms with van der Waals surface area (Å²) in [7, 11) is 0. The minimum absolute atomic E-state index is 0.00968. The van der Waals surface area contributed by atoms with Crippen LogP contribution in [0, 0.1) is 0 Å². The summed E-state index contributed by atoms with van der Waals surface area (Å²) >= 11 is 0. The van der Waals surface area contributed by atoms with Gasteiger partial charge in [0.05, 0.1) is 12.6 Å². The van der Waals surface area contributed by atoms with E-state index < -0.39 is 0 Å². The van der Waals surface area contributed by atoms with Crippen molar-refractivity contribution < 1.29 is 9.53 Å². The van der Waals surface area contributed by atoms with Gasteiger partial charge in [0.15, 0.2) is 0 Å². The first-order chi connectivity index (χ1) is 8.20. The predicted molar refractivity (Wildman–Crippen MR) is 66.6 cm³/mol. The molecule has 0 saturated carbocycles. The molecule has 0 aliphatic carbocycles. The molecular formula is C14H19NO2. The second-order valence-electron chi connectivity index (χ2n) is 4.50. The highest BCUT2D eigenvalue weighted by Crippen LogP contribution is 2.25. The van der Waals surface area contributed by atoms with Gasteiger partial charge < -0.3 is 9.64 Å². The number of carbonyl (C=O) groups excluding carboxylic acids is 1. The zero-order valence-corrected chi connectivity index (χ0v) is 10.4. The Morgan fingerprint density at radius 1 is 1.35 bits per heavy atom. The molecule has 1 saturated heterocycles. The van der Waals surface area contributed by atoms with Crippen LogP contribution < -0.4 is 0 Å². The summed E-state index contributed by atoms with van der Waals surface area (Å²) in [5.41, 5.74) is 1.15. The van der Waals surface area contributed by atoms with Crippen LogP contribution >= 0.6 is 0 Å². The summed E-state index contributed by atoms with van der Waals surface area (Å²) in [5.74, 6) is 0.209. The maximum Gasteiger partial charge on any atom is 0.222 e. The van der Waals surface area contributed by atoms with Crippen LogP contribution in [-0.2, 0) is 9.53 Å². The number of rotatable bonds is 2. The molecule has 92 valence electrons. The molecule has 0 aromatic heterocycles. The van der Waals surface area contributed by atoms with E-state index >= 15 is 0 Å². The highest BCUT2D eigenvalue weighted by atomic mass is 16.5. The van der Waals surface area contributed by atoms with Gasteiger partial charge in [-0.2, -0.15) is 0 Å². The number of hydrogen-bond acceptors (Lipinski definition) is 2. The van der Waals surface area contributed by atoms with Crippen molar-refractivity contribution in [1.82, 2.24) is 4.90 Å². The molecule has 0 unspecified atom stereocenters. The summed E-state index contributed by atoms with van der Waals surface area (Å²) in [6.45, 7) is 5.29. The van der Waals surface area contributed by atoms with E-state index in [0.717, 1.165) is 5.56 Å². The minimum atomic E-state index is 0.00968. The lowest BCUT2D eigenvalue weighted by molar-refractivity contribution is -0.144. The van der Waals surface area contributed by atoms with Gasteiger partial charge in [-0.25, -0.2) is 0 Å². The van der Waals surface area contributed by atoms with Gasteiger partial charge in [0, 0.05) is 13.0 Å². The molecule has 1 fully saturated rings. The first kappa shape index (κ1) is 12.1. The van der Waals surface area contributed by atoms with Crippen molar-refractivity contribution in [2.45, 2.75) is 32.5 Å². The van der Waals surface area contributed by atoms with Crippen LogP contribution in [0.5, 0.6) is 0 Å². The second kappa shape index (κ2) is 5.32. The third-order valence-electron chi connectivity index (χ3n) is 3.09. The van der Waals surface area contributed by atoms with Crippen LogP contribution in [0.2, 0.25) is 0 Å². The number of carbonyl (C=O) groups is 1. The molecule has 1 amide bonds. The Morgan fingerprint density at radius 3 is 2.71 bits per heavy atom. The predicted octanol–water partition coefficient (Wildman–Crippen LogP) is 2.39. The van der Waals surface area contributed by atoms with Crippen molar-refractivity contribution in [3.63, 3.8) is 0 Å². The largest absolute Gasteiger partial charge is 0.367 e. The van der Waals surface area contributed by atoms with Crippen LogP contribution in [0.3, 0.4) is 0 Å². The Labute approximate surface area is 102 Å². The molecule has 2 atom stereocenters. The highest BCUT2D eigenvalue weighted by molar-refractivity contribution is 5.76. The average molecular weight is 233 g/mol. The standard InChI is InChI=1S/C14H19NO2/c1-3-14(16)15-9-11(2)17-13(10-15)12-7-5-4-6-8-12/h4-8,11,13H,3,9-10H2,1-2H3/t11-,13+/m0/s1. The lowest BCUT2D eigenvalue weighted by Crippen LogP contribution is -2.45. The molecule has 1 aliphatic heterocycles. The smallest absolute Gasteiger partial charge is 0.222 e. The quantitative estimate of drug-likeness (QED) is 0.785. The van der Waals surface area contributed by atoms with Crippen LogP contribution in [0.25, 0.3) is 0 Å². The first-order valence-electron chi connectivity index (χ1n) is 6.19. The first-order valence-corrected chi connectivity index (χ1v) is 6.19. The number of hydrogen-bond donors (Lipinski definition) is 0.